The van der Waals surface area contributed by atoms with Gasteiger partial charge in [0, 0.05) is 25.1 Å². The molecule has 0 radical (unpaired) electrons. The summed E-state index contributed by atoms with van der Waals surface area (Å²) in [6, 6.07) is 7.43. The van der Waals surface area contributed by atoms with Crippen molar-refractivity contribution in [3.05, 3.63) is 48.0 Å². The fourth-order valence-electron chi connectivity index (χ4n) is 2.18. The van der Waals surface area contributed by atoms with E-state index in [9.17, 15) is 4.79 Å². The highest BCUT2D eigenvalue weighted by Crippen LogP contribution is 2.26. The Labute approximate surface area is 118 Å². The number of nitrogen functional groups attached to an aromatic ring is 1. The summed E-state index contributed by atoms with van der Waals surface area (Å²) < 4.78 is 0. The number of amides is 1. The zero-order valence-electron chi connectivity index (χ0n) is 12.1. The lowest BCUT2D eigenvalue weighted by Crippen LogP contribution is -2.41. The lowest BCUT2D eigenvalue weighted by molar-refractivity contribution is -0.135. The van der Waals surface area contributed by atoms with E-state index in [0.717, 1.165) is 11.4 Å². The largest absolute Gasteiger partial charge is 0.399 e. The van der Waals surface area contributed by atoms with Crippen LogP contribution in [0.5, 0.6) is 0 Å². The second-order valence-corrected chi connectivity index (χ2v) is 5.44. The van der Waals surface area contributed by atoms with Crippen molar-refractivity contribution in [3.63, 3.8) is 0 Å². The van der Waals surface area contributed by atoms with Crippen molar-refractivity contribution in [2.45, 2.75) is 25.8 Å². The van der Waals surface area contributed by atoms with Crippen LogP contribution < -0.4 is 5.73 Å². The Bertz CT molecular complexity index is 572. The lowest BCUT2D eigenvalue weighted by Gasteiger charge is -2.29. The smallest absolute Gasteiger partial charge is 0.232 e. The van der Waals surface area contributed by atoms with Gasteiger partial charge in [0.05, 0.1) is 12.0 Å². The Morgan fingerprint density at radius 3 is 2.55 bits per heavy atom. The molecule has 3 N–H and O–H groups in total. The summed E-state index contributed by atoms with van der Waals surface area (Å²) in [5, 5.41) is 0. The Morgan fingerprint density at radius 1 is 1.35 bits per heavy atom. The van der Waals surface area contributed by atoms with E-state index >= 15 is 0 Å². The topological polar surface area (TPSA) is 75.0 Å². The highest BCUT2D eigenvalue weighted by atomic mass is 16.2. The predicted molar refractivity (Wildman–Crippen MR) is 78.9 cm³/mol. The van der Waals surface area contributed by atoms with E-state index in [4.69, 9.17) is 5.73 Å². The number of carbonyl (C=O) groups is 1. The normalized spacial score (nSPS) is 11.3. The number of nitrogens with one attached hydrogen (secondary N) is 1. The van der Waals surface area contributed by atoms with Gasteiger partial charge in [-0.2, -0.15) is 0 Å². The van der Waals surface area contributed by atoms with Crippen LogP contribution in [0.2, 0.25) is 0 Å². The van der Waals surface area contributed by atoms with Gasteiger partial charge in [0.1, 0.15) is 5.82 Å². The van der Waals surface area contributed by atoms with Gasteiger partial charge < -0.3 is 15.6 Å². The van der Waals surface area contributed by atoms with Gasteiger partial charge in [-0.25, -0.2) is 4.98 Å². The standard InChI is InChI=1S/C15H20N4O/c1-15(2,11-4-6-12(16)7-5-11)14(20)19(3)10-13-17-8-9-18-13/h4-9H,10,16H2,1-3H3,(H,17,18). The van der Waals surface area contributed by atoms with Crippen LogP contribution in [0.3, 0.4) is 0 Å². The predicted octanol–water partition coefficient (Wildman–Crippen LogP) is 1.93. The molecule has 5 heteroatoms. The molecule has 1 heterocycles. The number of H-pyrrole nitrogens is 1. The molecule has 1 aromatic carbocycles. The number of nitrogens with two attached hydrogens (primary N) is 1. The molecule has 0 saturated heterocycles. The van der Waals surface area contributed by atoms with Crippen LogP contribution in [-0.4, -0.2) is 27.8 Å². The molecule has 1 amide bonds. The minimum atomic E-state index is -0.602. The highest BCUT2D eigenvalue weighted by Gasteiger charge is 2.32. The summed E-state index contributed by atoms with van der Waals surface area (Å²) in [6.07, 6.45) is 3.43. The molecule has 106 valence electrons. The number of aromatic nitrogens is 2. The molecule has 0 aliphatic carbocycles. The number of likely N-dealkylation sites (N-methyl/N-ethyl adjacent to an activating group) is 1. The number of anilines is 1. The van der Waals surface area contributed by atoms with Crippen LogP contribution in [-0.2, 0) is 16.8 Å². The zero-order chi connectivity index (χ0) is 14.8. The van der Waals surface area contributed by atoms with Crippen LogP contribution >= 0.6 is 0 Å². The van der Waals surface area contributed by atoms with Gasteiger partial charge in [-0.3, -0.25) is 4.79 Å². The first-order valence-electron chi connectivity index (χ1n) is 6.51. The number of imidazole rings is 1. The summed E-state index contributed by atoms with van der Waals surface area (Å²) in [5.74, 6) is 0.813. The van der Waals surface area contributed by atoms with Crippen LogP contribution in [0.1, 0.15) is 25.2 Å². The average Bonchev–Trinajstić information content (AvgIpc) is 2.91. The molecule has 5 nitrogen and oxygen atoms in total. The minimum absolute atomic E-state index is 0.0404. The number of benzene rings is 1. The van der Waals surface area contributed by atoms with E-state index in [1.807, 2.05) is 38.1 Å². The van der Waals surface area contributed by atoms with Gasteiger partial charge in [-0.15, -0.1) is 0 Å². The first kappa shape index (κ1) is 14.1. The third-order valence-electron chi connectivity index (χ3n) is 3.46. The first-order valence-corrected chi connectivity index (χ1v) is 6.51. The maximum atomic E-state index is 12.6. The molecule has 0 spiro atoms. The van der Waals surface area contributed by atoms with Crippen molar-refractivity contribution >= 4 is 11.6 Å². The second-order valence-electron chi connectivity index (χ2n) is 5.44. The molecule has 1 aromatic heterocycles. The van der Waals surface area contributed by atoms with Crippen LogP contribution in [0.15, 0.2) is 36.7 Å². The van der Waals surface area contributed by atoms with Gasteiger partial charge in [0.25, 0.3) is 0 Å². The Morgan fingerprint density at radius 2 is 2.00 bits per heavy atom. The fourth-order valence-corrected chi connectivity index (χ4v) is 2.18. The zero-order valence-corrected chi connectivity index (χ0v) is 12.1. The van der Waals surface area contributed by atoms with E-state index in [2.05, 4.69) is 9.97 Å². The number of rotatable bonds is 4. The summed E-state index contributed by atoms with van der Waals surface area (Å²) in [4.78, 5) is 21.4. The van der Waals surface area contributed by atoms with Crippen LogP contribution in [0, 0.1) is 0 Å². The molecular formula is C15H20N4O. The Hall–Kier alpha value is -2.30. The minimum Gasteiger partial charge on any atom is -0.399 e. The molecule has 0 atom stereocenters. The summed E-state index contributed by atoms with van der Waals surface area (Å²) in [7, 11) is 1.78. The van der Waals surface area contributed by atoms with Crippen molar-refractivity contribution in [1.29, 1.82) is 0 Å². The monoisotopic (exact) mass is 272 g/mol. The van der Waals surface area contributed by atoms with E-state index in [0.29, 0.717) is 12.2 Å². The Kier molecular flexibility index (Phi) is 3.79. The van der Waals surface area contributed by atoms with Gasteiger partial charge in [-0.05, 0) is 31.5 Å². The van der Waals surface area contributed by atoms with Crippen LogP contribution in [0.25, 0.3) is 0 Å². The van der Waals surface area contributed by atoms with Crippen molar-refractivity contribution in [2.75, 3.05) is 12.8 Å². The van der Waals surface area contributed by atoms with E-state index in [-0.39, 0.29) is 5.91 Å². The SMILES string of the molecule is CN(Cc1ncc[nH]1)C(=O)C(C)(C)c1ccc(N)cc1. The third-order valence-corrected chi connectivity index (χ3v) is 3.46. The summed E-state index contributed by atoms with van der Waals surface area (Å²) in [5.41, 5.74) is 6.73. The average molecular weight is 272 g/mol. The second kappa shape index (κ2) is 5.36. The Balaban J connectivity index is 2.15. The van der Waals surface area contributed by atoms with E-state index in [1.54, 1.807) is 24.3 Å². The number of hydrogen-bond donors (Lipinski definition) is 2. The van der Waals surface area contributed by atoms with Crippen molar-refractivity contribution in [3.8, 4) is 0 Å². The van der Waals surface area contributed by atoms with Crippen molar-refractivity contribution < 1.29 is 4.79 Å². The summed E-state index contributed by atoms with van der Waals surface area (Å²) >= 11 is 0. The molecule has 0 saturated carbocycles. The molecule has 2 rings (SSSR count). The molecule has 20 heavy (non-hydrogen) atoms. The molecule has 0 aliphatic rings. The van der Waals surface area contributed by atoms with Gasteiger partial charge in [0.2, 0.25) is 5.91 Å². The van der Waals surface area contributed by atoms with Gasteiger partial charge in [0.15, 0.2) is 0 Å². The quantitative estimate of drug-likeness (QED) is 0.835. The number of carbonyl (C=O) groups excluding carboxylic acids is 1. The maximum Gasteiger partial charge on any atom is 0.232 e. The summed E-state index contributed by atoms with van der Waals surface area (Å²) in [6.45, 7) is 4.29. The number of hydrogen-bond acceptors (Lipinski definition) is 3. The molecule has 0 unspecified atom stereocenters. The fraction of sp³-hybridized carbons (Fsp3) is 0.333. The molecule has 0 aliphatic heterocycles. The van der Waals surface area contributed by atoms with Gasteiger partial charge in [-0.1, -0.05) is 12.1 Å². The highest BCUT2D eigenvalue weighted by molar-refractivity contribution is 5.87. The van der Waals surface area contributed by atoms with E-state index < -0.39 is 5.41 Å². The molecule has 0 bridgehead atoms. The lowest BCUT2D eigenvalue weighted by atomic mass is 9.83. The van der Waals surface area contributed by atoms with Crippen molar-refractivity contribution in [2.24, 2.45) is 0 Å². The number of aromatic amines is 1. The maximum absolute atomic E-state index is 12.6. The molecule has 0 fully saturated rings. The molecular weight excluding hydrogens is 252 g/mol. The van der Waals surface area contributed by atoms with Gasteiger partial charge >= 0.3 is 0 Å². The van der Waals surface area contributed by atoms with E-state index in [1.165, 1.54) is 0 Å². The third kappa shape index (κ3) is 2.82. The van der Waals surface area contributed by atoms with Crippen LogP contribution in [0.4, 0.5) is 5.69 Å². The number of nitrogens with zero attached hydrogens (tertiary/aromatic N) is 2. The molecule has 2 aromatic rings. The van der Waals surface area contributed by atoms with Crippen molar-refractivity contribution in [1.82, 2.24) is 14.9 Å². The first-order chi connectivity index (χ1) is 9.41.